The number of ether oxygens (including phenoxy) is 1. The van der Waals surface area contributed by atoms with E-state index in [1.165, 1.54) is 11.1 Å². The number of hydrogen-bond donors (Lipinski definition) is 1. The number of aromatic nitrogens is 1. The molecule has 2 aliphatic rings. The second-order valence-corrected chi connectivity index (χ2v) is 9.63. The first-order chi connectivity index (χ1) is 15.2. The van der Waals surface area contributed by atoms with Crippen molar-refractivity contribution >= 4 is 40.7 Å². The van der Waals surface area contributed by atoms with Crippen molar-refractivity contribution in [2.75, 3.05) is 6.61 Å². The van der Waals surface area contributed by atoms with Crippen LogP contribution in [0.2, 0.25) is 0 Å². The Bertz CT molecular complexity index is 1270. The monoisotopic (exact) mass is 445 g/mol. The van der Waals surface area contributed by atoms with Gasteiger partial charge in [-0.1, -0.05) is 78.5 Å². The van der Waals surface area contributed by atoms with Crippen LogP contribution in [0.5, 0.6) is 0 Å². The molecule has 0 atom stereocenters. The van der Waals surface area contributed by atoms with Gasteiger partial charge in [0.15, 0.2) is 10.9 Å². The van der Waals surface area contributed by atoms with Crippen molar-refractivity contribution in [2.24, 2.45) is 0 Å². The summed E-state index contributed by atoms with van der Waals surface area (Å²) in [7, 11) is 0. The molecular weight excluding hydrogens is 426 g/mol. The zero-order valence-corrected chi connectivity index (χ0v) is 18.2. The number of aliphatic carboxylic acids is 1. The fourth-order valence-corrected chi connectivity index (χ4v) is 6.19. The summed E-state index contributed by atoms with van der Waals surface area (Å²) in [5, 5.41) is 10.0. The Morgan fingerprint density at radius 3 is 2.39 bits per heavy atom. The van der Waals surface area contributed by atoms with Gasteiger partial charge in [0.25, 0.3) is 0 Å². The first-order valence-electron chi connectivity index (χ1n) is 9.91. The lowest BCUT2D eigenvalue weighted by molar-refractivity contribution is -0.140. The van der Waals surface area contributed by atoms with Gasteiger partial charge in [0, 0.05) is 6.42 Å². The Balaban J connectivity index is 1.45. The SMILES string of the molecule is O=C(O)COC1=CC=C2C=c3sc(SC(c4ccccc4)c4ccccc4)nc3=C2C1. The lowest BCUT2D eigenvalue weighted by Crippen LogP contribution is -2.20. The first kappa shape index (κ1) is 19.8. The van der Waals surface area contributed by atoms with Crippen LogP contribution in [0, 0.1) is 0 Å². The number of benzene rings is 2. The third kappa shape index (κ3) is 4.22. The number of rotatable bonds is 7. The van der Waals surface area contributed by atoms with Crippen LogP contribution in [0.1, 0.15) is 22.8 Å². The van der Waals surface area contributed by atoms with Crippen LogP contribution in [0.3, 0.4) is 0 Å². The average molecular weight is 446 g/mol. The second kappa shape index (κ2) is 8.57. The van der Waals surface area contributed by atoms with Crippen LogP contribution in [0.4, 0.5) is 0 Å². The van der Waals surface area contributed by atoms with Gasteiger partial charge >= 0.3 is 5.97 Å². The van der Waals surface area contributed by atoms with Crippen molar-refractivity contribution in [3.8, 4) is 0 Å². The fourth-order valence-electron chi connectivity index (χ4n) is 3.73. The standard InChI is InChI=1S/C25H19NO3S2/c27-22(28)15-29-19-12-11-18-13-21-23(20(18)14-19)26-25(30-21)31-24(16-7-3-1-4-8-16)17-9-5-2-6-10-17/h1-13,24H,14-15H2,(H,27,28). The lowest BCUT2D eigenvalue weighted by Gasteiger charge is -2.16. The third-order valence-electron chi connectivity index (χ3n) is 5.16. The highest BCUT2D eigenvalue weighted by molar-refractivity contribution is 8.01. The maximum absolute atomic E-state index is 10.8. The molecule has 0 bridgehead atoms. The predicted molar refractivity (Wildman–Crippen MR) is 124 cm³/mol. The van der Waals surface area contributed by atoms with Crippen LogP contribution in [0.15, 0.2) is 88.5 Å². The van der Waals surface area contributed by atoms with Crippen LogP contribution >= 0.6 is 23.1 Å². The highest BCUT2D eigenvalue weighted by atomic mass is 32.2. The fraction of sp³-hybridized carbons (Fsp3) is 0.120. The van der Waals surface area contributed by atoms with Gasteiger partial charge in [-0.3, -0.25) is 0 Å². The zero-order valence-electron chi connectivity index (χ0n) is 16.5. The number of thioether (sulfide) groups is 1. The molecule has 1 aromatic heterocycles. The van der Waals surface area contributed by atoms with Crippen LogP contribution in [0.25, 0.3) is 11.6 Å². The maximum Gasteiger partial charge on any atom is 0.341 e. The zero-order chi connectivity index (χ0) is 21.2. The lowest BCUT2D eigenvalue weighted by atomic mass is 10.00. The highest BCUT2D eigenvalue weighted by Gasteiger charge is 2.22. The van der Waals surface area contributed by atoms with Crippen LogP contribution < -0.4 is 9.88 Å². The van der Waals surface area contributed by atoms with Gasteiger partial charge in [0.05, 0.1) is 15.1 Å². The van der Waals surface area contributed by atoms with E-state index in [1.807, 2.05) is 24.3 Å². The Kier molecular flexibility index (Phi) is 5.49. The van der Waals surface area contributed by atoms with E-state index in [0.29, 0.717) is 12.2 Å². The molecule has 1 heterocycles. The third-order valence-corrected chi connectivity index (χ3v) is 7.57. The van der Waals surface area contributed by atoms with Crippen molar-refractivity contribution < 1.29 is 14.6 Å². The average Bonchev–Trinajstić information content (AvgIpc) is 3.34. The van der Waals surface area contributed by atoms with E-state index >= 15 is 0 Å². The van der Waals surface area contributed by atoms with Crippen LogP contribution in [-0.4, -0.2) is 22.7 Å². The van der Waals surface area contributed by atoms with E-state index in [4.69, 9.17) is 14.8 Å². The molecule has 31 heavy (non-hydrogen) atoms. The number of hydrogen-bond acceptors (Lipinski definition) is 5. The molecule has 0 saturated carbocycles. The number of carboxylic acids is 1. The van der Waals surface area contributed by atoms with Crippen molar-refractivity contribution in [1.29, 1.82) is 0 Å². The number of allylic oxidation sites excluding steroid dienone is 4. The Hall–Kier alpha value is -3.09. The molecule has 0 fully saturated rings. The molecule has 0 spiro atoms. The molecule has 2 aliphatic carbocycles. The number of thiazole rings is 1. The molecule has 0 unspecified atom stereocenters. The van der Waals surface area contributed by atoms with Crippen molar-refractivity contribution in [3.05, 3.63) is 105 Å². The topological polar surface area (TPSA) is 59.4 Å². The normalized spacial score (nSPS) is 14.4. The Morgan fingerprint density at radius 1 is 1.06 bits per heavy atom. The number of carbonyl (C=O) groups is 1. The molecule has 154 valence electrons. The summed E-state index contributed by atoms with van der Waals surface area (Å²) < 4.78 is 7.58. The van der Waals surface area contributed by atoms with Gasteiger partial charge in [-0.05, 0) is 34.4 Å². The van der Waals surface area contributed by atoms with E-state index in [0.717, 1.165) is 25.4 Å². The molecule has 0 saturated heterocycles. The van der Waals surface area contributed by atoms with E-state index in [-0.39, 0.29) is 11.9 Å². The highest BCUT2D eigenvalue weighted by Crippen LogP contribution is 2.40. The van der Waals surface area contributed by atoms with Crippen molar-refractivity contribution in [3.63, 3.8) is 0 Å². The first-order valence-corrected chi connectivity index (χ1v) is 11.6. The minimum Gasteiger partial charge on any atom is -0.486 e. The summed E-state index contributed by atoms with van der Waals surface area (Å²) in [6.07, 6.45) is 6.56. The number of fused-ring (bicyclic) bond motifs is 2. The van der Waals surface area contributed by atoms with E-state index in [2.05, 4.69) is 54.6 Å². The number of nitrogens with zero attached hydrogens (tertiary/aromatic N) is 1. The molecule has 2 aromatic carbocycles. The quantitative estimate of drug-likeness (QED) is 0.550. The molecule has 0 amide bonds. The maximum atomic E-state index is 10.8. The molecule has 0 aliphatic heterocycles. The minimum absolute atomic E-state index is 0.161. The molecule has 6 heteroatoms. The van der Waals surface area contributed by atoms with Gasteiger partial charge in [-0.15, -0.1) is 11.3 Å². The van der Waals surface area contributed by atoms with E-state index in [1.54, 1.807) is 23.1 Å². The summed E-state index contributed by atoms with van der Waals surface area (Å²) in [5.74, 6) is -0.310. The van der Waals surface area contributed by atoms with Gasteiger partial charge < -0.3 is 9.84 Å². The second-order valence-electron chi connectivity index (χ2n) is 7.25. The molecule has 3 aromatic rings. The Labute approximate surface area is 187 Å². The van der Waals surface area contributed by atoms with Crippen molar-refractivity contribution in [1.82, 2.24) is 4.98 Å². The van der Waals surface area contributed by atoms with Crippen molar-refractivity contribution in [2.45, 2.75) is 16.0 Å². The van der Waals surface area contributed by atoms with Crippen LogP contribution in [-0.2, 0) is 9.53 Å². The van der Waals surface area contributed by atoms with E-state index in [9.17, 15) is 4.79 Å². The number of carboxylic acid groups (broad SMARTS) is 1. The molecule has 1 N–H and O–H groups in total. The van der Waals surface area contributed by atoms with Gasteiger partial charge in [-0.2, -0.15) is 0 Å². The molecular formula is C25H19NO3S2. The summed E-state index contributed by atoms with van der Waals surface area (Å²) in [6, 6.07) is 21.0. The largest absolute Gasteiger partial charge is 0.486 e. The smallest absolute Gasteiger partial charge is 0.341 e. The summed E-state index contributed by atoms with van der Waals surface area (Å²) in [6.45, 7) is -0.327. The van der Waals surface area contributed by atoms with E-state index < -0.39 is 5.97 Å². The Morgan fingerprint density at radius 2 is 1.74 bits per heavy atom. The molecule has 5 rings (SSSR count). The minimum atomic E-state index is -0.973. The summed E-state index contributed by atoms with van der Waals surface area (Å²) in [4.78, 5) is 15.8. The molecule has 4 nitrogen and oxygen atoms in total. The van der Waals surface area contributed by atoms with Gasteiger partial charge in [-0.25, -0.2) is 9.78 Å². The predicted octanol–water partition coefficient (Wildman–Crippen LogP) is 4.28. The molecule has 0 radical (unpaired) electrons. The van der Waals surface area contributed by atoms with Gasteiger partial charge in [0.2, 0.25) is 0 Å². The van der Waals surface area contributed by atoms with Gasteiger partial charge in [0.1, 0.15) is 5.76 Å². The summed E-state index contributed by atoms with van der Waals surface area (Å²) in [5.41, 5.74) is 4.74. The summed E-state index contributed by atoms with van der Waals surface area (Å²) >= 11 is 3.47.